The van der Waals surface area contributed by atoms with Crippen LogP contribution in [0.25, 0.3) is 0 Å². The van der Waals surface area contributed by atoms with E-state index in [1.807, 2.05) is 0 Å². The van der Waals surface area contributed by atoms with E-state index >= 15 is 0 Å². The van der Waals surface area contributed by atoms with Crippen LogP contribution in [0, 0.1) is 0 Å². The Bertz CT molecular complexity index is 131. The summed E-state index contributed by atoms with van der Waals surface area (Å²) in [5, 5.41) is 0. The first-order chi connectivity index (χ1) is 5.83. The second-order valence-corrected chi connectivity index (χ2v) is 2.91. The third-order valence-corrected chi connectivity index (χ3v) is 1.66. The van der Waals surface area contributed by atoms with E-state index in [4.69, 9.17) is 0 Å². The van der Waals surface area contributed by atoms with Crippen molar-refractivity contribution in [1.29, 1.82) is 0 Å². The fourth-order valence-corrected chi connectivity index (χ4v) is 0.554. The molecule has 80 valence electrons. The van der Waals surface area contributed by atoms with Crippen LogP contribution in [0.1, 0.15) is 26.7 Å². The zero-order valence-electron chi connectivity index (χ0n) is 7.75. The lowest BCUT2D eigenvalue weighted by Crippen LogP contribution is -2.28. The van der Waals surface area contributed by atoms with Crippen molar-refractivity contribution in [1.82, 2.24) is 0 Å². The molecule has 1 nitrogen and oxygen atoms in total. The Kier molecular flexibility index (Phi) is 4.67. The fourth-order valence-electron chi connectivity index (χ4n) is 0.554. The van der Waals surface area contributed by atoms with Gasteiger partial charge in [-0.3, -0.25) is 0 Å². The minimum absolute atomic E-state index is 0.398. The van der Waals surface area contributed by atoms with Crippen molar-refractivity contribution in [2.24, 2.45) is 0 Å². The molecule has 0 spiro atoms. The summed E-state index contributed by atoms with van der Waals surface area (Å²) in [6.45, 7) is 0.695. The van der Waals surface area contributed by atoms with Crippen LogP contribution in [0.2, 0.25) is 0 Å². The predicted octanol–water partition coefficient (Wildman–Crippen LogP) is 3.09. The molecule has 0 unspecified atom stereocenters. The minimum Gasteiger partial charge on any atom is -0.369 e. The predicted molar refractivity (Wildman–Crippen MR) is 41.3 cm³/mol. The van der Waals surface area contributed by atoms with Crippen LogP contribution in [0.3, 0.4) is 0 Å². The lowest BCUT2D eigenvalue weighted by atomic mass is 10.2. The van der Waals surface area contributed by atoms with E-state index in [2.05, 4.69) is 4.74 Å². The van der Waals surface area contributed by atoms with Gasteiger partial charge in [-0.25, -0.2) is 17.6 Å². The molecule has 0 atom stereocenters. The van der Waals surface area contributed by atoms with E-state index in [1.54, 1.807) is 0 Å². The van der Waals surface area contributed by atoms with Crippen molar-refractivity contribution in [3.8, 4) is 0 Å². The fraction of sp³-hybridized carbons (Fsp3) is 1.00. The third kappa shape index (κ3) is 5.85. The molecule has 5 heteroatoms. The van der Waals surface area contributed by atoms with Crippen LogP contribution in [-0.4, -0.2) is 25.1 Å². The highest BCUT2D eigenvalue weighted by Crippen LogP contribution is 2.21. The standard InChI is InChI=1S/C8H14F4O/c1-3-7(9,10)5-13-6-8(11,12)4-2/h3-6H2,1-2H3. The normalized spacial score (nSPS) is 13.4. The Balaban J connectivity index is 3.68. The van der Waals surface area contributed by atoms with Gasteiger partial charge in [-0.15, -0.1) is 0 Å². The molecule has 0 rings (SSSR count). The maximum absolute atomic E-state index is 12.5. The number of alkyl halides is 4. The SMILES string of the molecule is CCC(F)(F)COCC(F)(F)CC. The second-order valence-electron chi connectivity index (χ2n) is 2.91. The van der Waals surface area contributed by atoms with Gasteiger partial charge in [0.2, 0.25) is 0 Å². The lowest BCUT2D eigenvalue weighted by molar-refractivity contribution is -0.130. The van der Waals surface area contributed by atoms with Gasteiger partial charge in [-0.2, -0.15) is 0 Å². The van der Waals surface area contributed by atoms with Crippen LogP contribution in [-0.2, 0) is 4.74 Å². The van der Waals surface area contributed by atoms with Crippen molar-refractivity contribution in [3.63, 3.8) is 0 Å². The number of hydrogen-bond donors (Lipinski definition) is 0. The maximum atomic E-state index is 12.5. The van der Waals surface area contributed by atoms with E-state index in [0.717, 1.165) is 0 Å². The van der Waals surface area contributed by atoms with Gasteiger partial charge >= 0.3 is 0 Å². The summed E-state index contributed by atoms with van der Waals surface area (Å²) < 4.78 is 54.1. The van der Waals surface area contributed by atoms with E-state index in [0.29, 0.717) is 0 Å². The summed E-state index contributed by atoms with van der Waals surface area (Å²) in [4.78, 5) is 0. The topological polar surface area (TPSA) is 9.23 Å². The molecular weight excluding hydrogens is 188 g/mol. The molecule has 0 heterocycles. The van der Waals surface area contributed by atoms with E-state index < -0.39 is 37.9 Å². The van der Waals surface area contributed by atoms with Crippen LogP contribution < -0.4 is 0 Å². The molecule has 0 amide bonds. The van der Waals surface area contributed by atoms with Gasteiger partial charge in [0.1, 0.15) is 13.2 Å². The van der Waals surface area contributed by atoms with Gasteiger partial charge in [-0.1, -0.05) is 13.8 Å². The van der Waals surface area contributed by atoms with Gasteiger partial charge in [0.25, 0.3) is 11.8 Å². The van der Waals surface area contributed by atoms with Crippen molar-refractivity contribution in [2.75, 3.05) is 13.2 Å². The highest BCUT2D eigenvalue weighted by Gasteiger charge is 2.31. The highest BCUT2D eigenvalue weighted by molar-refractivity contribution is 4.65. The molecule has 0 saturated heterocycles. The average molecular weight is 202 g/mol. The van der Waals surface area contributed by atoms with E-state index in [9.17, 15) is 17.6 Å². The zero-order valence-corrected chi connectivity index (χ0v) is 7.75. The van der Waals surface area contributed by atoms with E-state index in [-0.39, 0.29) is 0 Å². The van der Waals surface area contributed by atoms with Crippen molar-refractivity contribution in [2.45, 2.75) is 38.5 Å². The molecule has 13 heavy (non-hydrogen) atoms. The number of halogens is 4. The first-order valence-corrected chi connectivity index (χ1v) is 4.16. The molecule has 0 N–H and O–H groups in total. The molecule has 0 aliphatic rings. The monoisotopic (exact) mass is 202 g/mol. The molecule has 0 aromatic heterocycles. The van der Waals surface area contributed by atoms with Crippen molar-refractivity contribution >= 4 is 0 Å². The zero-order chi connectivity index (χ0) is 10.5. The Morgan fingerprint density at radius 3 is 1.38 bits per heavy atom. The summed E-state index contributed by atoms with van der Waals surface area (Å²) in [5.41, 5.74) is 0. The molecule has 0 bridgehead atoms. The van der Waals surface area contributed by atoms with Crippen LogP contribution in [0.15, 0.2) is 0 Å². The number of rotatable bonds is 6. The molecule has 0 saturated carbocycles. The molecule has 0 aliphatic heterocycles. The van der Waals surface area contributed by atoms with E-state index in [1.165, 1.54) is 13.8 Å². The quantitative estimate of drug-likeness (QED) is 0.601. The van der Waals surface area contributed by atoms with Gasteiger partial charge in [0.15, 0.2) is 0 Å². The van der Waals surface area contributed by atoms with Crippen molar-refractivity contribution < 1.29 is 22.3 Å². The van der Waals surface area contributed by atoms with Crippen molar-refractivity contribution in [3.05, 3.63) is 0 Å². The van der Waals surface area contributed by atoms with Crippen LogP contribution in [0.5, 0.6) is 0 Å². The molecule has 0 radical (unpaired) electrons. The Morgan fingerprint density at radius 2 is 1.15 bits per heavy atom. The Labute approximate surface area is 75.1 Å². The summed E-state index contributed by atoms with van der Waals surface area (Å²) in [5.74, 6) is -5.99. The smallest absolute Gasteiger partial charge is 0.270 e. The average Bonchev–Trinajstić information content (AvgIpc) is 2.04. The summed E-state index contributed by atoms with van der Waals surface area (Å²) in [6, 6.07) is 0. The van der Waals surface area contributed by atoms with Gasteiger partial charge in [-0.05, 0) is 0 Å². The molecular formula is C8H14F4O. The third-order valence-electron chi connectivity index (χ3n) is 1.66. The Hall–Kier alpha value is -0.320. The first-order valence-electron chi connectivity index (χ1n) is 4.16. The Morgan fingerprint density at radius 1 is 0.846 bits per heavy atom. The van der Waals surface area contributed by atoms with Crippen LogP contribution >= 0.6 is 0 Å². The van der Waals surface area contributed by atoms with Gasteiger partial charge in [0, 0.05) is 12.8 Å². The summed E-state index contributed by atoms with van der Waals surface area (Å²) >= 11 is 0. The largest absolute Gasteiger partial charge is 0.369 e. The number of ether oxygens (including phenoxy) is 1. The molecule has 0 aliphatic carbocycles. The molecule has 0 aromatic rings. The summed E-state index contributed by atoms with van der Waals surface area (Å²) in [7, 11) is 0. The summed E-state index contributed by atoms with van der Waals surface area (Å²) in [6.07, 6.45) is -0.796. The highest BCUT2D eigenvalue weighted by atomic mass is 19.3. The number of hydrogen-bond acceptors (Lipinski definition) is 1. The molecule has 0 aromatic carbocycles. The van der Waals surface area contributed by atoms with Crippen LogP contribution in [0.4, 0.5) is 17.6 Å². The van der Waals surface area contributed by atoms with Gasteiger partial charge < -0.3 is 4.74 Å². The van der Waals surface area contributed by atoms with Gasteiger partial charge in [0.05, 0.1) is 0 Å². The second kappa shape index (κ2) is 4.79. The molecule has 0 fully saturated rings. The minimum atomic E-state index is -3.00. The first kappa shape index (κ1) is 12.7. The maximum Gasteiger partial charge on any atom is 0.270 e. The lowest BCUT2D eigenvalue weighted by Gasteiger charge is -2.17.